The monoisotopic (exact) mass is 224 g/mol. The zero-order valence-electron chi connectivity index (χ0n) is 7.46. The van der Waals surface area contributed by atoms with Crippen LogP contribution >= 0.6 is 0 Å². The maximum atomic E-state index is 12.4. The highest BCUT2D eigenvalue weighted by Gasteiger charge is 2.41. The number of aromatic hydroxyl groups is 1. The molecule has 1 aromatic carbocycles. The number of halogens is 4. The summed E-state index contributed by atoms with van der Waals surface area (Å²) < 4.78 is 52.6. The molecule has 84 valence electrons. The average molecular weight is 224 g/mol. The second-order valence-electron chi connectivity index (χ2n) is 2.85. The standard InChI is InChI=1S/C9H8F4O2/c10-8(11)9(12,13)5-15-7-3-1-2-6(14)4-7/h1-4,8,14H,5H2. The summed E-state index contributed by atoms with van der Waals surface area (Å²) >= 11 is 0. The molecule has 0 fully saturated rings. The van der Waals surface area contributed by atoms with Crippen LogP contribution in [0.3, 0.4) is 0 Å². The highest BCUT2D eigenvalue weighted by Crippen LogP contribution is 2.25. The van der Waals surface area contributed by atoms with Crippen molar-refractivity contribution < 1.29 is 27.4 Å². The first-order valence-corrected chi connectivity index (χ1v) is 3.99. The van der Waals surface area contributed by atoms with Crippen LogP contribution in [0.4, 0.5) is 17.6 Å². The minimum absolute atomic E-state index is 0.0877. The van der Waals surface area contributed by atoms with Crippen LogP contribution in [0.5, 0.6) is 11.5 Å². The second-order valence-corrected chi connectivity index (χ2v) is 2.85. The molecule has 0 spiro atoms. The van der Waals surface area contributed by atoms with E-state index < -0.39 is 19.0 Å². The summed E-state index contributed by atoms with van der Waals surface area (Å²) in [6, 6.07) is 4.99. The summed E-state index contributed by atoms with van der Waals surface area (Å²) in [5, 5.41) is 8.94. The number of alkyl halides is 4. The Morgan fingerprint density at radius 2 is 2.00 bits per heavy atom. The fraction of sp³-hybridized carbons (Fsp3) is 0.333. The van der Waals surface area contributed by atoms with Crippen molar-refractivity contribution in [3.8, 4) is 11.5 Å². The molecule has 0 saturated carbocycles. The van der Waals surface area contributed by atoms with Crippen molar-refractivity contribution in [3.05, 3.63) is 24.3 Å². The zero-order chi connectivity index (χ0) is 11.5. The highest BCUT2D eigenvalue weighted by atomic mass is 19.3. The maximum absolute atomic E-state index is 12.4. The summed E-state index contributed by atoms with van der Waals surface area (Å²) in [4.78, 5) is 0. The summed E-state index contributed by atoms with van der Waals surface area (Å²) in [6.45, 7) is -1.42. The predicted octanol–water partition coefficient (Wildman–Crippen LogP) is 2.67. The van der Waals surface area contributed by atoms with Crippen LogP contribution in [0.15, 0.2) is 24.3 Å². The van der Waals surface area contributed by atoms with E-state index in [0.29, 0.717) is 0 Å². The van der Waals surface area contributed by atoms with Crippen molar-refractivity contribution in [2.24, 2.45) is 0 Å². The highest BCUT2D eigenvalue weighted by molar-refractivity contribution is 5.31. The molecular formula is C9H8F4O2. The number of hydrogen-bond donors (Lipinski definition) is 1. The molecule has 0 heterocycles. The molecule has 6 heteroatoms. The minimum Gasteiger partial charge on any atom is -0.508 e. The van der Waals surface area contributed by atoms with Gasteiger partial charge in [-0.05, 0) is 12.1 Å². The molecule has 0 saturated heterocycles. The molecule has 1 rings (SSSR count). The van der Waals surface area contributed by atoms with Gasteiger partial charge < -0.3 is 9.84 Å². The van der Waals surface area contributed by atoms with Gasteiger partial charge in [-0.2, -0.15) is 8.78 Å². The third kappa shape index (κ3) is 3.30. The molecule has 15 heavy (non-hydrogen) atoms. The SMILES string of the molecule is Oc1cccc(OCC(F)(F)C(F)F)c1. The van der Waals surface area contributed by atoms with Crippen LogP contribution in [-0.2, 0) is 0 Å². The molecule has 0 aliphatic carbocycles. The number of hydrogen-bond acceptors (Lipinski definition) is 2. The molecule has 0 aromatic heterocycles. The van der Waals surface area contributed by atoms with Crippen LogP contribution in [0, 0.1) is 0 Å². The van der Waals surface area contributed by atoms with Crippen LogP contribution < -0.4 is 4.74 Å². The van der Waals surface area contributed by atoms with Crippen molar-refractivity contribution in [2.45, 2.75) is 12.3 Å². The molecule has 0 radical (unpaired) electrons. The second kappa shape index (κ2) is 4.37. The summed E-state index contributed by atoms with van der Waals surface area (Å²) in [5.41, 5.74) is 0. The fourth-order valence-electron chi connectivity index (χ4n) is 0.816. The number of rotatable bonds is 4. The zero-order valence-corrected chi connectivity index (χ0v) is 7.46. The lowest BCUT2D eigenvalue weighted by atomic mass is 10.3. The van der Waals surface area contributed by atoms with Crippen LogP contribution in [0.25, 0.3) is 0 Å². The van der Waals surface area contributed by atoms with Crippen LogP contribution in [0.1, 0.15) is 0 Å². The van der Waals surface area contributed by atoms with Gasteiger partial charge in [-0.25, -0.2) is 8.78 Å². The van der Waals surface area contributed by atoms with Gasteiger partial charge in [0, 0.05) is 6.07 Å². The Labute approximate surface area is 83.1 Å². The molecule has 1 N–H and O–H groups in total. The maximum Gasteiger partial charge on any atom is 0.340 e. The van der Waals surface area contributed by atoms with Crippen LogP contribution in [-0.4, -0.2) is 24.1 Å². The molecule has 0 aliphatic rings. The van der Waals surface area contributed by atoms with Crippen molar-refractivity contribution >= 4 is 0 Å². The van der Waals surface area contributed by atoms with E-state index in [2.05, 4.69) is 4.74 Å². The van der Waals surface area contributed by atoms with Gasteiger partial charge in [0.1, 0.15) is 11.5 Å². The smallest absolute Gasteiger partial charge is 0.340 e. The number of phenolic OH excluding ortho intramolecular Hbond substituents is 1. The number of phenols is 1. The van der Waals surface area contributed by atoms with Gasteiger partial charge >= 0.3 is 12.3 Å². The molecule has 0 unspecified atom stereocenters. The largest absolute Gasteiger partial charge is 0.508 e. The Hall–Kier alpha value is -1.46. The van der Waals surface area contributed by atoms with E-state index in [1.165, 1.54) is 18.2 Å². The van der Waals surface area contributed by atoms with E-state index in [-0.39, 0.29) is 11.5 Å². The fourth-order valence-corrected chi connectivity index (χ4v) is 0.816. The first kappa shape index (κ1) is 11.6. The topological polar surface area (TPSA) is 29.5 Å². The molecule has 2 nitrogen and oxygen atoms in total. The van der Waals surface area contributed by atoms with Gasteiger partial charge in [0.15, 0.2) is 6.61 Å². The third-order valence-electron chi connectivity index (χ3n) is 1.57. The van der Waals surface area contributed by atoms with Crippen LogP contribution in [0.2, 0.25) is 0 Å². The molecule has 0 atom stereocenters. The first-order valence-electron chi connectivity index (χ1n) is 3.99. The Morgan fingerprint density at radius 1 is 1.33 bits per heavy atom. The molecule has 1 aromatic rings. The van der Waals surface area contributed by atoms with Gasteiger partial charge in [-0.1, -0.05) is 6.07 Å². The van der Waals surface area contributed by atoms with Crippen molar-refractivity contribution in [2.75, 3.05) is 6.61 Å². The Kier molecular flexibility index (Phi) is 3.39. The predicted molar refractivity (Wildman–Crippen MR) is 44.6 cm³/mol. The summed E-state index contributed by atoms with van der Waals surface area (Å²) in [5.74, 6) is -4.46. The van der Waals surface area contributed by atoms with Gasteiger partial charge in [0.05, 0.1) is 0 Å². The van der Waals surface area contributed by atoms with E-state index in [9.17, 15) is 17.6 Å². The lowest BCUT2D eigenvalue weighted by Crippen LogP contribution is -2.33. The first-order chi connectivity index (χ1) is 6.92. The van der Waals surface area contributed by atoms with E-state index >= 15 is 0 Å². The Balaban J connectivity index is 2.57. The van der Waals surface area contributed by atoms with Crippen molar-refractivity contribution in [3.63, 3.8) is 0 Å². The average Bonchev–Trinajstić information content (AvgIpc) is 2.15. The van der Waals surface area contributed by atoms with Crippen molar-refractivity contribution in [1.82, 2.24) is 0 Å². The van der Waals surface area contributed by atoms with Gasteiger partial charge in [-0.3, -0.25) is 0 Å². The number of ether oxygens (including phenoxy) is 1. The molecule has 0 bridgehead atoms. The molecule has 0 amide bonds. The minimum atomic E-state index is -4.19. The Bertz CT molecular complexity index is 328. The number of benzene rings is 1. The lowest BCUT2D eigenvalue weighted by Gasteiger charge is -2.15. The van der Waals surface area contributed by atoms with E-state index in [4.69, 9.17) is 5.11 Å². The summed E-state index contributed by atoms with van der Waals surface area (Å²) in [6.07, 6.45) is -3.77. The van der Waals surface area contributed by atoms with E-state index in [1.807, 2.05) is 0 Å². The Morgan fingerprint density at radius 3 is 2.53 bits per heavy atom. The summed E-state index contributed by atoms with van der Waals surface area (Å²) in [7, 11) is 0. The van der Waals surface area contributed by atoms with E-state index in [1.54, 1.807) is 0 Å². The molecule has 0 aliphatic heterocycles. The van der Waals surface area contributed by atoms with Gasteiger partial charge in [0.2, 0.25) is 0 Å². The third-order valence-corrected chi connectivity index (χ3v) is 1.57. The normalized spacial score (nSPS) is 11.8. The van der Waals surface area contributed by atoms with E-state index in [0.717, 1.165) is 6.07 Å². The molecular weight excluding hydrogens is 216 g/mol. The van der Waals surface area contributed by atoms with Gasteiger partial charge in [0.25, 0.3) is 0 Å². The quantitative estimate of drug-likeness (QED) is 0.796. The van der Waals surface area contributed by atoms with Gasteiger partial charge in [-0.15, -0.1) is 0 Å². The van der Waals surface area contributed by atoms with Crippen molar-refractivity contribution in [1.29, 1.82) is 0 Å². The lowest BCUT2D eigenvalue weighted by molar-refractivity contribution is -0.148.